The summed E-state index contributed by atoms with van der Waals surface area (Å²) in [7, 11) is 0. The first-order chi connectivity index (χ1) is 15.5. The van der Waals surface area contributed by atoms with E-state index >= 15 is 0 Å². The van der Waals surface area contributed by atoms with E-state index in [0.29, 0.717) is 37.6 Å². The average molecular weight is 441 g/mol. The minimum absolute atomic E-state index is 0.0558. The Kier molecular flexibility index (Phi) is 6.91. The molecule has 0 unspecified atom stereocenters. The maximum atomic E-state index is 12.8. The van der Waals surface area contributed by atoms with Crippen LogP contribution in [0.4, 0.5) is 0 Å². The number of esters is 1. The Labute approximate surface area is 185 Å². The van der Waals surface area contributed by atoms with Gasteiger partial charge in [-0.1, -0.05) is 18.2 Å². The maximum absolute atomic E-state index is 12.8. The normalized spacial score (nSPS) is 16.2. The Balaban J connectivity index is 1.57. The molecular weight excluding hydrogens is 412 g/mol. The Morgan fingerprint density at radius 3 is 3.03 bits per heavy atom. The lowest BCUT2D eigenvalue weighted by molar-refractivity contribution is -0.144. The van der Waals surface area contributed by atoms with Gasteiger partial charge in [-0.25, -0.2) is 4.68 Å². The molecule has 1 saturated heterocycles. The van der Waals surface area contributed by atoms with Crippen LogP contribution in [0.25, 0.3) is 10.9 Å². The van der Waals surface area contributed by atoms with Gasteiger partial charge in [0, 0.05) is 25.3 Å². The number of rotatable bonds is 9. The summed E-state index contributed by atoms with van der Waals surface area (Å²) < 4.78 is 12.3. The van der Waals surface area contributed by atoms with Gasteiger partial charge in [-0.15, -0.1) is 5.10 Å². The van der Waals surface area contributed by atoms with E-state index in [4.69, 9.17) is 9.47 Å². The third kappa shape index (κ3) is 5.20. The van der Waals surface area contributed by atoms with Crippen LogP contribution >= 0.6 is 0 Å². The van der Waals surface area contributed by atoms with E-state index in [1.165, 1.54) is 4.68 Å². The van der Waals surface area contributed by atoms with Crippen LogP contribution < -0.4 is 5.56 Å². The lowest BCUT2D eigenvalue weighted by Gasteiger charge is -2.24. The number of nitrogens with zero attached hydrogens (tertiary/aromatic N) is 5. The number of hydrogen-bond donors (Lipinski definition) is 1. The van der Waals surface area contributed by atoms with E-state index in [0.717, 1.165) is 35.9 Å². The molecule has 0 amide bonds. The molecule has 1 atom stereocenters. The van der Waals surface area contributed by atoms with Gasteiger partial charge in [0.2, 0.25) is 0 Å². The Morgan fingerprint density at radius 2 is 2.25 bits per heavy atom. The number of ether oxygens (including phenoxy) is 2. The van der Waals surface area contributed by atoms with Crippen LogP contribution in [0.2, 0.25) is 0 Å². The number of tetrazole rings is 1. The number of nitrogens with one attached hydrogen (secondary N) is 1. The summed E-state index contributed by atoms with van der Waals surface area (Å²) in [6.45, 7) is 6.14. The number of H-pyrrole nitrogens is 1. The second-order valence-electron chi connectivity index (χ2n) is 8.03. The molecule has 0 bridgehead atoms. The van der Waals surface area contributed by atoms with Crippen molar-refractivity contribution in [1.82, 2.24) is 30.1 Å². The zero-order chi connectivity index (χ0) is 22.5. The van der Waals surface area contributed by atoms with Gasteiger partial charge in [-0.3, -0.25) is 14.5 Å². The van der Waals surface area contributed by atoms with Crippen molar-refractivity contribution in [2.24, 2.45) is 0 Å². The minimum atomic E-state index is -0.395. The molecule has 170 valence electrons. The number of aromatic nitrogens is 5. The summed E-state index contributed by atoms with van der Waals surface area (Å²) in [6, 6.07) is 7.88. The molecule has 1 aliphatic rings. The van der Waals surface area contributed by atoms with Gasteiger partial charge >= 0.3 is 5.97 Å². The smallest absolute Gasteiger partial charge is 0.327 e. The SMILES string of the molecule is CCOC(=O)Cn1nnnc1CN(Cc1cc2cccc(C)c2[nH]c1=O)C[C@H]1CCCO1. The first kappa shape index (κ1) is 22.1. The molecule has 10 nitrogen and oxygen atoms in total. The molecule has 0 saturated carbocycles. The summed E-state index contributed by atoms with van der Waals surface area (Å²) in [6.07, 6.45) is 2.08. The minimum Gasteiger partial charge on any atom is -0.465 e. The number of benzene rings is 1. The Bertz CT molecular complexity index is 1130. The molecule has 3 aromatic rings. The molecule has 32 heavy (non-hydrogen) atoms. The number of fused-ring (bicyclic) bond motifs is 1. The molecule has 1 aliphatic heterocycles. The highest BCUT2D eigenvalue weighted by atomic mass is 16.5. The largest absolute Gasteiger partial charge is 0.465 e. The summed E-state index contributed by atoms with van der Waals surface area (Å²) in [5.41, 5.74) is 2.42. The van der Waals surface area contributed by atoms with Crippen LogP contribution in [0, 0.1) is 6.92 Å². The number of para-hydroxylation sites is 1. The van der Waals surface area contributed by atoms with Crippen molar-refractivity contribution in [2.45, 2.75) is 52.4 Å². The molecule has 4 rings (SSSR count). The van der Waals surface area contributed by atoms with Gasteiger partial charge in [-0.05, 0) is 54.1 Å². The summed E-state index contributed by atoms with van der Waals surface area (Å²) in [5, 5.41) is 12.7. The molecule has 0 radical (unpaired) electrons. The first-order valence-electron chi connectivity index (χ1n) is 10.9. The zero-order valence-electron chi connectivity index (χ0n) is 18.4. The second kappa shape index (κ2) is 10.0. The topological polar surface area (TPSA) is 115 Å². The number of pyridine rings is 1. The van der Waals surface area contributed by atoms with E-state index in [-0.39, 0.29) is 18.2 Å². The zero-order valence-corrected chi connectivity index (χ0v) is 18.4. The molecule has 1 aromatic carbocycles. The lowest BCUT2D eigenvalue weighted by atomic mass is 10.1. The van der Waals surface area contributed by atoms with Crippen molar-refractivity contribution in [3.63, 3.8) is 0 Å². The van der Waals surface area contributed by atoms with Crippen LogP contribution in [0.15, 0.2) is 29.1 Å². The third-order valence-corrected chi connectivity index (χ3v) is 5.60. The van der Waals surface area contributed by atoms with Crippen LogP contribution in [0.5, 0.6) is 0 Å². The lowest BCUT2D eigenvalue weighted by Crippen LogP contribution is -2.34. The Hall–Kier alpha value is -3.11. The monoisotopic (exact) mass is 440 g/mol. The summed E-state index contributed by atoms with van der Waals surface area (Å²) in [4.78, 5) is 29.8. The van der Waals surface area contributed by atoms with Gasteiger partial charge in [0.05, 0.1) is 24.8 Å². The van der Waals surface area contributed by atoms with Crippen molar-refractivity contribution in [3.8, 4) is 0 Å². The average Bonchev–Trinajstić information content (AvgIpc) is 3.42. The number of carbonyl (C=O) groups is 1. The van der Waals surface area contributed by atoms with Gasteiger partial charge in [-0.2, -0.15) is 0 Å². The molecule has 10 heteroatoms. The van der Waals surface area contributed by atoms with Crippen molar-refractivity contribution in [2.75, 3.05) is 19.8 Å². The Morgan fingerprint density at radius 1 is 1.38 bits per heavy atom. The molecule has 3 heterocycles. The fraction of sp³-hybridized carbons (Fsp3) is 0.500. The molecular formula is C22H28N6O4. The third-order valence-electron chi connectivity index (χ3n) is 5.60. The molecule has 1 N–H and O–H groups in total. The molecule has 0 aliphatic carbocycles. The highest BCUT2D eigenvalue weighted by molar-refractivity contribution is 5.81. The van der Waals surface area contributed by atoms with Crippen LogP contribution in [0.1, 0.15) is 36.7 Å². The van der Waals surface area contributed by atoms with E-state index in [9.17, 15) is 9.59 Å². The van der Waals surface area contributed by atoms with Crippen molar-refractivity contribution >= 4 is 16.9 Å². The van der Waals surface area contributed by atoms with Crippen LogP contribution in [-0.2, 0) is 33.9 Å². The first-order valence-corrected chi connectivity index (χ1v) is 10.9. The van der Waals surface area contributed by atoms with Gasteiger partial charge in [0.1, 0.15) is 6.54 Å². The molecule has 2 aromatic heterocycles. The summed E-state index contributed by atoms with van der Waals surface area (Å²) >= 11 is 0. The van der Waals surface area contributed by atoms with E-state index in [1.54, 1.807) is 6.92 Å². The second-order valence-corrected chi connectivity index (χ2v) is 8.03. The van der Waals surface area contributed by atoms with E-state index in [1.807, 2.05) is 31.2 Å². The fourth-order valence-corrected chi connectivity index (χ4v) is 4.04. The molecule has 0 spiro atoms. The highest BCUT2D eigenvalue weighted by Crippen LogP contribution is 2.18. The highest BCUT2D eigenvalue weighted by Gasteiger charge is 2.23. The van der Waals surface area contributed by atoms with Gasteiger partial charge in [0.15, 0.2) is 5.82 Å². The maximum Gasteiger partial charge on any atom is 0.327 e. The van der Waals surface area contributed by atoms with Crippen LogP contribution in [0.3, 0.4) is 0 Å². The van der Waals surface area contributed by atoms with Crippen molar-refractivity contribution in [1.29, 1.82) is 0 Å². The fourth-order valence-electron chi connectivity index (χ4n) is 4.04. The number of hydrogen-bond acceptors (Lipinski definition) is 8. The van der Waals surface area contributed by atoms with Crippen LogP contribution in [-0.4, -0.2) is 61.9 Å². The number of aromatic amines is 1. The summed E-state index contributed by atoms with van der Waals surface area (Å²) in [5.74, 6) is 0.136. The number of aryl methyl sites for hydroxylation is 1. The molecule has 1 fully saturated rings. The van der Waals surface area contributed by atoms with Crippen molar-refractivity contribution < 1.29 is 14.3 Å². The van der Waals surface area contributed by atoms with E-state index in [2.05, 4.69) is 25.4 Å². The van der Waals surface area contributed by atoms with E-state index < -0.39 is 5.97 Å². The quantitative estimate of drug-likeness (QED) is 0.499. The standard InChI is InChI=1S/C22H28N6O4/c1-3-31-20(29)14-28-19(24-25-26-28)13-27(12-18-8-5-9-32-18)11-17-10-16-7-4-6-15(2)21(16)23-22(17)30/h4,6-7,10,18H,3,5,8-9,11-14H2,1-2H3,(H,23,30)/t18-/m1/s1. The van der Waals surface area contributed by atoms with Gasteiger partial charge < -0.3 is 14.5 Å². The predicted octanol–water partition coefficient (Wildman–Crippen LogP) is 1.57. The van der Waals surface area contributed by atoms with Gasteiger partial charge in [0.25, 0.3) is 5.56 Å². The predicted molar refractivity (Wildman–Crippen MR) is 117 cm³/mol. The number of carbonyl (C=O) groups excluding carboxylic acids is 1. The van der Waals surface area contributed by atoms with Crippen molar-refractivity contribution in [3.05, 3.63) is 51.6 Å².